The first-order chi connectivity index (χ1) is 8.66. The minimum absolute atomic E-state index is 0.251. The fourth-order valence-corrected chi connectivity index (χ4v) is 1.83. The van der Waals surface area contributed by atoms with Crippen LogP contribution in [0.25, 0.3) is 0 Å². The molecule has 1 heterocycles. The number of carbonyl (C=O) groups is 1. The number of hydrogen-bond donors (Lipinski definition) is 1. The average molecular weight is 281 g/mol. The summed E-state index contributed by atoms with van der Waals surface area (Å²) in [6, 6.07) is 8.46. The molecule has 0 aliphatic heterocycles. The van der Waals surface area contributed by atoms with Crippen molar-refractivity contribution in [1.82, 2.24) is 10.3 Å². The molecule has 0 aliphatic carbocycles. The maximum atomic E-state index is 11.9. The lowest BCUT2D eigenvalue weighted by molar-refractivity contribution is 0.0951. The first kappa shape index (κ1) is 12.9. The van der Waals surface area contributed by atoms with Crippen LogP contribution in [0, 0.1) is 0 Å². The number of carbonyl (C=O) groups excluding carboxylic acids is 1. The van der Waals surface area contributed by atoms with Crippen LogP contribution in [-0.4, -0.2) is 10.9 Å². The predicted molar refractivity (Wildman–Crippen MR) is 71.9 cm³/mol. The van der Waals surface area contributed by atoms with E-state index < -0.39 is 0 Å². The number of halogens is 2. The third-order valence-electron chi connectivity index (χ3n) is 2.38. The van der Waals surface area contributed by atoms with Gasteiger partial charge in [0.2, 0.25) is 0 Å². The standard InChI is InChI=1S/C13H10Cl2N2O/c14-10-1-2-12(15)11(7-10)13(18)17-8-9-3-5-16-6-4-9/h1-7H,8H2,(H,17,18). The molecule has 18 heavy (non-hydrogen) atoms. The Balaban J connectivity index is 2.06. The number of aromatic nitrogens is 1. The van der Waals surface area contributed by atoms with Gasteiger partial charge in [0.15, 0.2) is 0 Å². The monoisotopic (exact) mass is 280 g/mol. The van der Waals surface area contributed by atoms with Crippen molar-refractivity contribution < 1.29 is 4.79 Å². The summed E-state index contributed by atoms with van der Waals surface area (Å²) >= 11 is 11.8. The summed E-state index contributed by atoms with van der Waals surface area (Å²) in [5.74, 6) is -0.251. The van der Waals surface area contributed by atoms with Gasteiger partial charge >= 0.3 is 0 Å². The normalized spacial score (nSPS) is 10.1. The van der Waals surface area contributed by atoms with Crippen LogP contribution in [0.3, 0.4) is 0 Å². The third-order valence-corrected chi connectivity index (χ3v) is 2.94. The zero-order chi connectivity index (χ0) is 13.0. The molecule has 1 aromatic heterocycles. The highest BCUT2D eigenvalue weighted by atomic mass is 35.5. The summed E-state index contributed by atoms with van der Waals surface area (Å²) in [7, 11) is 0. The molecule has 1 N–H and O–H groups in total. The lowest BCUT2D eigenvalue weighted by Crippen LogP contribution is -2.23. The first-order valence-electron chi connectivity index (χ1n) is 5.29. The fraction of sp³-hybridized carbons (Fsp3) is 0.0769. The zero-order valence-electron chi connectivity index (χ0n) is 9.36. The third kappa shape index (κ3) is 3.22. The van der Waals surface area contributed by atoms with E-state index in [4.69, 9.17) is 23.2 Å². The van der Waals surface area contributed by atoms with Gasteiger partial charge in [-0.05, 0) is 35.9 Å². The van der Waals surface area contributed by atoms with Crippen LogP contribution < -0.4 is 5.32 Å². The molecule has 0 bridgehead atoms. The molecule has 0 aliphatic rings. The Morgan fingerprint density at radius 1 is 1.17 bits per heavy atom. The van der Waals surface area contributed by atoms with Gasteiger partial charge in [-0.15, -0.1) is 0 Å². The van der Waals surface area contributed by atoms with Gasteiger partial charge in [-0.3, -0.25) is 9.78 Å². The summed E-state index contributed by atoms with van der Waals surface area (Å²) in [6.45, 7) is 0.421. The lowest BCUT2D eigenvalue weighted by Gasteiger charge is -2.07. The van der Waals surface area contributed by atoms with Crippen LogP contribution >= 0.6 is 23.2 Å². The van der Waals surface area contributed by atoms with Crippen LogP contribution in [0.2, 0.25) is 10.0 Å². The van der Waals surface area contributed by atoms with Crippen molar-refractivity contribution in [3.05, 3.63) is 63.9 Å². The van der Waals surface area contributed by atoms with Gasteiger partial charge in [-0.25, -0.2) is 0 Å². The number of hydrogen-bond acceptors (Lipinski definition) is 2. The Hall–Kier alpha value is -1.58. The Morgan fingerprint density at radius 3 is 2.61 bits per heavy atom. The van der Waals surface area contributed by atoms with E-state index >= 15 is 0 Å². The largest absolute Gasteiger partial charge is 0.348 e. The first-order valence-corrected chi connectivity index (χ1v) is 6.04. The molecule has 0 saturated carbocycles. The van der Waals surface area contributed by atoms with Crippen molar-refractivity contribution >= 4 is 29.1 Å². The van der Waals surface area contributed by atoms with Gasteiger partial charge in [-0.2, -0.15) is 0 Å². The van der Waals surface area contributed by atoms with Crippen molar-refractivity contribution in [3.63, 3.8) is 0 Å². The Labute approximate surface area is 115 Å². The Kier molecular flexibility index (Phi) is 4.18. The van der Waals surface area contributed by atoms with Crippen LogP contribution in [0.1, 0.15) is 15.9 Å². The minimum Gasteiger partial charge on any atom is -0.348 e. The summed E-state index contributed by atoms with van der Waals surface area (Å²) in [6.07, 6.45) is 3.35. The minimum atomic E-state index is -0.251. The topological polar surface area (TPSA) is 42.0 Å². The number of rotatable bonds is 3. The fourth-order valence-electron chi connectivity index (χ4n) is 1.45. The maximum absolute atomic E-state index is 11.9. The second kappa shape index (κ2) is 5.85. The molecule has 3 nitrogen and oxygen atoms in total. The van der Waals surface area contributed by atoms with E-state index in [-0.39, 0.29) is 5.91 Å². The van der Waals surface area contributed by atoms with Crippen molar-refractivity contribution in [2.45, 2.75) is 6.54 Å². The molecule has 1 amide bonds. The number of pyridine rings is 1. The molecule has 1 aromatic carbocycles. The van der Waals surface area contributed by atoms with Crippen LogP contribution in [-0.2, 0) is 6.54 Å². The Morgan fingerprint density at radius 2 is 1.89 bits per heavy atom. The smallest absolute Gasteiger partial charge is 0.253 e. The van der Waals surface area contributed by atoms with E-state index in [1.165, 1.54) is 0 Å². The molecule has 0 radical (unpaired) electrons. The molecule has 0 unspecified atom stereocenters. The number of nitrogens with one attached hydrogen (secondary N) is 1. The highest BCUT2D eigenvalue weighted by Gasteiger charge is 2.10. The molecule has 0 spiro atoms. The van der Waals surface area contributed by atoms with Gasteiger partial charge in [-0.1, -0.05) is 23.2 Å². The molecular weight excluding hydrogens is 271 g/mol. The van der Waals surface area contributed by atoms with E-state index in [9.17, 15) is 4.79 Å². The van der Waals surface area contributed by atoms with E-state index in [0.29, 0.717) is 22.2 Å². The molecule has 0 atom stereocenters. The number of benzene rings is 1. The highest BCUT2D eigenvalue weighted by molar-refractivity contribution is 6.35. The Bertz CT molecular complexity index is 558. The predicted octanol–water partition coefficient (Wildman–Crippen LogP) is 3.32. The maximum Gasteiger partial charge on any atom is 0.253 e. The molecule has 2 aromatic rings. The molecular formula is C13H10Cl2N2O. The molecule has 2 rings (SSSR count). The second-order valence-corrected chi connectivity index (χ2v) is 4.51. The number of nitrogens with zero attached hydrogens (tertiary/aromatic N) is 1. The SMILES string of the molecule is O=C(NCc1ccncc1)c1cc(Cl)ccc1Cl. The molecule has 0 fully saturated rings. The highest BCUT2D eigenvalue weighted by Crippen LogP contribution is 2.20. The summed E-state index contributed by atoms with van der Waals surface area (Å²) in [4.78, 5) is 15.8. The molecule has 0 saturated heterocycles. The van der Waals surface area contributed by atoms with Crippen molar-refractivity contribution in [2.24, 2.45) is 0 Å². The van der Waals surface area contributed by atoms with Gasteiger partial charge in [0.25, 0.3) is 5.91 Å². The van der Waals surface area contributed by atoms with Crippen molar-refractivity contribution in [1.29, 1.82) is 0 Å². The van der Waals surface area contributed by atoms with Crippen molar-refractivity contribution in [2.75, 3.05) is 0 Å². The second-order valence-electron chi connectivity index (χ2n) is 3.66. The van der Waals surface area contributed by atoms with Gasteiger partial charge in [0, 0.05) is 24.0 Å². The van der Waals surface area contributed by atoms with Crippen LogP contribution in [0.5, 0.6) is 0 Å². The quantitative estimate of drug-likeness (QED) is 0.937. The average Bonchev–Trinajstić information content (AvgIpc) is 2.40. The number of amides is 1. The van der Waals surface area contributed by atoms with Gasteiger partial charge in [0.05, 0.1) is 10.6 Å². The van der Waals surface area contributed by atoms with Crippen LogP contribution in [0.15, 0.2) is 42.7 Å². The summed E-state index contributed by atoms with van der Waals surface area (Å²) in [5, 5.41) is 3.63. The van der Waals surface area contributed by atoms with E-state index in [1.807, 2.05) is 12.1 Å². The van der Waals surface area contributed by atoms with Crippen molar-refractivity contribution in [3.8, 4) is 0 Å². The molecule has 92 valence electrons. The van der Waals surface area contributed by atoms with Crippen LogP contribution in [0.4, 0.5) is 0 Å². The zero-order valence-corrected chi connectivity index (χ0v) is 10.9. The van der Waals surface area contributed by atoms with E-state index in [1.54, 1.807) is 30.6 Å². The molecule has 5 heteroatoms. The summed E-state index contributed by atoms with van der Waals surface area (Å²) in [5.41, 5.74) is 1.34. The summed E-state index contributed by atoms with van der Waals surface area (Å²) < 4.78 is 0. The van der Waals surface area contributed by atoms with Gasteiger partial charge < -0.3 is 5.32 Å². The lowest BCUT2D eigenvalue weighted by atomic mass is 10.2. The van der Waals surface area contributed by atoms with E-state index in [0.717, 1.165) is 5.56 Å². The van der Waals surface area contributed by atoms with E-state index in [2.05, 4.69) is 10.3 Å². The van der Waals surface area contributed by atoms with Gasteiger partial charge in [0.1, 0.15) is 0 Å².